The Hall–Kier alpha value is -1.83. The van der Waals surface area contributed by atoms with E-state index in [1.807, 2.05) is 6.92 Å². The fourth-order valence-corrected chi connectivity index (χ4v) is 1.85. The topological polar surface area (TPSA) is 116 Å². The smallest absolute Gasteiger partial charge is 0.323 e. The first-order chi connectivity index (χ1) is 8.92. The molecule has 0 radical (unpaired) electrons. The summed E-state index contributed by atoms with van der Waals surface area (Å²) in [5, 5.41) is 19.9. The first-order valence-corrected chi connectivity index (χ1v) is 6.03. The van der Waals surface area contributed by atoms with Crippen molar-refractivity contribution >= 4 is 18.0 Å². The number of aliphatic carboxylic acids is 2. The lowest BCUT2D eigenvalue weighted by atomic mass is 9.89. The fraction of sp³-hybridized carbons (Fsp3) is 0.727. The number of nitrogens with one attached hydrogen (secondary N) is 1. The molecule has 0 aliphatic heterocycles. The molecule has 108 valence electrons. The number of carbonyl (C=O) groups excluding carboxylic acids is 1. The fourth-order valence-electron chi connectivity index (χ4n) is 1.85. The van der Waals surface area contributed by atoms with E-state index in [1.54, 1.807) is 0 Å². The molecule has 0 aromatic carbocycles. The number of hydrogen-bond donors (Lipinski definition) is 3. The zero-order valence-electron chi connectivity index (χ0n) is 10.7. The molecule has 0 bridgehead atoms. The van der Waals surface area contributed by atoms with Gasteiger partial charge in [-0.3, -0.25) is 9.59 Å². The Morgan fingerprint density at radius 3 is 2.16 bits per heavy atom. The van der Waals surface area contributed by atoms with Crippen LogP contribution in [0.15, 0.2) is 0 Å². The number of amides is 2. The van der Waals surface area contributed by atoms with Gasteiger partial charge in [0.15, 0.2) is 0 Å². The highest BCUT2D eigenvalue weighted by molar-refractivity contribution is 5.84. The van der Waals surface area contributed by atoms with Crippen molar-refractivity contribution < 1.29 is 29.3 Å². The number of nitrogens with zero attached hydrogens (tertiary/aromatic N) is 1. The standard InChI is InChI=1S/C11H18N2O6/c1-2-19-8-3-7(4-8)12-11(18)13(5-9(14)15)6-10(16)17/h7-8H,2-6H2,1H3,(H,12,18)(H,14,15)(H,16,17). The van der Waals surface area contributed by atoms with Crippen molar-refractivity contribution in [3.8, 4) is 0 Å². The van der Waals surface area contributed by atoms with Gasteiger partial charge in [0.05, 0.1) is 6.10 Å². The minimum Gasteiger partial charge on any atom is -0.480 e. The second-order valence-corrected chi connectivity index (χ2v) is 4.34. The van der Waals surface area contributed by atoms with Gasteiger partial charge in [-0.1, -0.05) is 0 Å². The van der Waals surface area contributed by atoms with Crippen LogP contribution in [-0.4, -0.2) is 64.9 Å². The highest BCUT2D eigenvalue weighted by Crippen LogP contribution is 2.23. The van der Waals surface area contributed by atoms with Crippen molar-refractivity contribution in [1.29, 1.82) is 0 Å². The van der Waals surface area contributed by atoms with Crippen LogP contribution >= 0.6 is 0 Å². The van der Waals surface area contributed by atoms with Gasteiger partial charge >= 0.3 is 18.0 Å². The van der Waals surface area contributed by atoms with E-state index < -0.39 is 31.1 Å². The van der Waals surface area contributed by atoms with E-state index in [0.29, 0.717) is 19.4 Å². The van der Waals surface area contributed by atoms with Crippen LogP contribution in [0.2, 0.25) is 0 Å². The number of urea groups is 1. The Morgan fingerprint density at radius 1 is 1.21 bits per heavy atom. The summed E-state index contributed by atoms with van der Waals surface area (Å²) in [7, 11) is 0. The predicted octanol–water partition coefficient (Wildman–Crippen LogP) is -0.265. The van der Waals surface area contributed by atoms with Crippen LogP contribution in [0.5, 0.6) is 0 Å². The molecule has 0 aromatic heterocycles. The summed E-state index contributed by atoms with van der Waals surface area (Å²) in [5.74, 6) is -2.51. The van der Waals surface area contributed by atoms with Gasteiger partial charge in [-0.25, -0.2) is 4.79 Å². The third-order valence-electron chi connectivity index (χ3n) is 2.76. The Bertz CT molecular complexity index is 337. The molecule has 1 saturated carbocycles. The van der Waals surface area contributed by atoms with E-state index in [0.717, 1.165) is 4.90 Å². The van der Waals surface area contributed by atoms with Gasteiger partial charge in [-0.05, 0) is 19.8 Å². The zero-order chi connectivity index (χ0) is 14.4. The Kier molecular flexibility index (Phi) is 5.56. The van der Waals surface area contributed by atoms with Gasteiger partial charge in [0, 0.05) is 12.6 Å². The average molecular weight is 274 g/mol. The normalized spacial score (nSPS) is 21.3. The molecule has 19 heavy (non-hydrogen) atoms. The second kappa shape index (κ2) is 6.93. The number of ether oxygens (including phenoxy) is 1. The second-order valence-electron chi connectivity index (χ2n) is 4.34. The summed E-state index contributed by atoms with van der Waals surface area (Å²) in [5.41, 5.74) is 0. The van der Waals surface area contributed by atoms with Crippen LogP contribution in [0.1, 0.15) is 19.8 Å². The number of carbonyl (C=O) groups is 3. The van der Waals surface area contributed by atoms with Crippen molar-refractivity contribution in [3.63, 3.8) is 0 Å². The predicted molar refractivity (Wildman–Crippen MR) is 63.8 cm³/mol. The lowest BCUT2D eigenvalue weighted by Gasteiger charge is -2.36. The van der Waals surface area contributed by atoms with Crippen LogP contribution in [0.3, 0.4) is 0 Å². The van der Waals surface area contributed by atoms with E-state index in [4.69, 9.17) is 14.9 Å². The minimum absolute atomic E-state index is 0.0888. The van der Waals surface area contributed by atoms with Crippen molar-refractivity contribution in [2.24, 2.45) is 0 Å². The molecule has 1 aliphatic rings. The van der Waals surface area contributed by atoms with Gasteiger partial charge in [-0.15, -0.1) is 0 Å². The molecule has 1 rings (SSSR count). The largest absolute Gasteiger partial charge is 0.480 e. The molecule has 0 aromatic rings. The third-order valence-corrected chi connectivity index (χ3v) is 2.76. The van der Waals surface area contributed by atoms with E-state index >= 15 is 0 Å². The lowest BCUT2D eigenvalue weighted by Crippen LogP contribution is -2.53. The van der Waals surface area contributed by atoms with Gasteiger partial charge in [0.2, 0.25) is 0 Å². The Balaban J connectivity index is 2.40. The van der Waals surface area contributed by atoms with Crippen LogP contribution < -0.4 is 5.32 Å². The number of carboxylic acid groups (broad SMARTS) is 2. The highest BCUT2D eigenvalue weighted by Gasteiger charge is 2.32. The molecule has 0 unspecified atom stereocenters. The Morgan fingerprint density at radius 2 is 1.74 bits per heavy atom. The molecule has 8 heteroatoms. The molecule has 0 saturated heterocycles. The minimum atomic E-state index is -1.25. The van der Waals surface area contributed by atoms with Gasteiger partial charge in [0.25, 0.3) is 0 Å². The quantitative estimate of drug-likeness (QED) is 0.588. The van der Waals surface area contributed by atoms with Crippen molar-refractivity contribution in [3.05, 3.63) is 0 Å². The maximum absolute atomic E-state index is 11.7. The van der Waals surface area contributed by atoms with Crippen LogP contribution in [0.4, 0.5) is 4.79 Å². The monoisotopic (exact) mass is 274 g/mol. The summed E-state index contributed by atoms with van der Waals surface area (Å²) in [6, 6.07) is -0.765. The first kappa shape index (κ1) is 15.2. The summed E-state index contributed by atoms with van der Waals surface area (Å²) in [6.07, 6.45) is 1.43. The summed E-state index contributed by atoms with van der Waals surface area (Å²) >= 11 is 0. The molecule has 1 aliphatic carbocycles. The van der Waals surface area contributed by atoms with Gasteiger partial charge in [-0.2, -0.15) is 0 Å². The first-order valence-electron chi connectivity index (χ1n) is 6.03. The van der Waals surface area contributed by atoms with E-state index in [9.17, 15) is 14.4 Å². The third kappa shape index (κ3) is 5.12. The number of carboxylic acids is 2. The van der Waals surface area contributed by atoms with Crippen LogP contribution in [-0.2, 0) is 14.3 Å². The number of rotatable bonds is 7. The zero-order valence-corrected chi connectivity index (χ0v) is 10.7. The van der Waals surface area contributed by atoms with Crippen LogP contribution in [0, 0.1) is 0 Å². The molecule has 8 nitrogen and oxygen atoms in total. The van der Waals surface area contributed by atoms with Crippen molar-refractivity contribution in [1.82, 2.24) is 10.2 Å². The van der Waals surface area contributed by atoms with Gasteiger partial charge in [0.1, 0.15) is 13.1 Å². The molecule has 2 amide bonds. The molecular weight excluding hydrogens is 256 g/mol. The molecule has 0 heterocycles. The number of hydrogen-bond acceptors (Lipinski definition) is 4. The van der Waals surface area contributed by atoms with E-state index in [1.165, 1.54) is 0 Å². The SMILES string of the molecule is CCOC1CC(NC(=O)N(CC(=O)O)CC(=O)O)C1. The van der Waals surface area contributed by atoms with Crippen molar-refractivity contribution in [2.75, 3.05) is 19.7 Å². The summed E-state index contributed by atoms with van der Waals surface area (Å²) < 4.78 is 5.33. The van der Waals surface area contributed by atoms with E-state index in [-0.39, 0.29) is 12.1 Å². The Labute approximate surface area is 110 Å². The highest BCUT2D eigenvalue weighted by atomic mass is 16.5. The summed E-state index contributed by atoms with van der Waals surface area (Å²) in [6.45, 7) is 1.21. The molecule has 1 fully saturated rings. The van der Waals surface area contributed by atoms with E-state index in [2.05, 4.69) is 5.32 Å². The average Bonchev–Trinajstić information content (AvgIpc) is 2.23. The lowest BCUT2D eigenvalue weighted by molar-refractivity contribution is -0.140. The van der Waals surface area contributed by atoms with Gasteiger partial charge < -0.3 is 25.2 Å². The van der Waals surface area contributed by atoms with Crippen LogP contribution in [0.25, 0.3) is 0 Å². The van der Waals surface area contributed by atoms with Crippen molar-refractivity contribution in [2.45, 2.75) is 31.9 Å². The maximum atomic E-state index is 11.7. The molecule has 0 spiro atoms. The maximum Gasteiger partial charge on any atom is 0.323 e. The molecule has 0 atom stereocenters. The molecule has 3 N–H and O–H groups in total. The molecular formula is C11H18N2O6. The summed E-state index contributed by atoms with van der Waals surface area (Å²) in [4.78, 5) is 33.6.